The Morgan fingerprint density at radius 1 is 1.33 bits per heavy atom. The lowest BCUT2D eigenvalue weighted by molar-refractivity contribution is 0.132. The van der Waals surface area contributed by atoms with Crippen LogP contribution in [0.5, 0.6) is 5.88 Å². The number of hydrogen-bond acceptors (Lipinski definition) is 3. The van der Waals surface area contributed by atoms with Crippen LogP contribution >= 0.6 is 0 Å². The second-order valence-electron chi connectivity index (χ2n) is 4.03. The van der Waals surface area contributed by atoms with Crippen LogP contribution in [-0.2, 0) is 0 Å². The van der Waals surface area contributed by atoms with E-state index >= 15 is 0 Å². The maximum absolute atomic E-state index is 5.56. The summed E-state index contributed by atoms with van der Waals surface area (Å²) in [5.74, 6) is 0.865. The van der Waals surface area contributed by atoms with Crippen LogP contribution in [0, 0.1) is 0 Å². The van der Waals surface area contributed by atoms with Crippen LogP contribution in [0.15, 0.2) is 18.3 Å². The van der Waals surface area contributed by atoms with Gasteiger partial charge >= 0.3 is 0 Å². The van der Waals surface area contributed by atoms with Crippen molar-refractivity contribution in [2.45, 2.75) is 0 Å². The number of H-pyrrole nitrogens is 1. The van der Waals surface area contributed by atoms with E-state index in [0.29, 0.717) is 0 Å². The van der Waals surface area contributed by atoms with Gasteiger partial charge in [0.15, 0.2) is 5.88 Å². The summed E-state index contributed by atoms with van der Waals surface area (Å²) >= 11 is 0. The van der Waals surface area contributed by atoms with E-state index in [1.165, 1.54) is 13.1 Å². The van der Waals surface area contributed by atoms with Crippen molar-refractivity contribution in [1.82, 2.24) is 14.8 Å². The van der Waals surface area contributed by atoms with Crippen LogP contribution < -0.4 is 4.74 Å². The minimum atomic E-state index is 0.768. The Bertz CT molecular complexity index is 265. The molecule has 1 fully saturated rings. The average Bonchev–Trinajstić information content (AvgIpc) is 2.74. The molecule has 1 aromatic rings. The number of ether oxygens (including phenoxy) is 1. The van der Waals surface area contributed by atoms with Gasteiger partial charge in [0.2, 0.25) is 0 Å². The highest BCUT2D eigenvalue weighted by molar-refractivity contribution is 5.09. The van der Waals surface area contributed by atoms with Crippen LogP contribution in [0.3, 0.4) is 0 Å². The molecule has 2 rings (SSSR count). The Kier molecular flexibility index (Phi) is 3.64. The fourth-order valence-electron chi connectivity index (χ4n) is 1.76. The molecule has 1 aromatic heterocycles. The summed E-state index contributed by atoms with van der Waals surface area (Å²) < 4.78 is 5.56. The van der Waals surface area contributed by atoms with E-state index in [9.17, 15) is 0 Å². The van der Waals surface area contributed by atoms with Crippen LogP contribution in [0.25, 0.3) is 0 Å². The van der Waals surface area contributed by atoms with Crippen molar-refractivity contribution >= 4 is 0 Å². The standard InChI is InChI=1S/C11H19N3O/c1-13-5-7-14(8-6-13)9-10-15-11-3-2-4-12-11/h2-4,12H,5-10H2,1H3. The molecule has 84 valence electrons. The average molecular weight is 209 g/mol. The molecule has 0 saturated carbocycles. The molecule has 15 heavy (non-hydrogen) atoms. The lowest BCUT2D eigenvalue weighted by Crippen LogP contribution is -2.45. The van der Waals surface area contributed by atoms with E-state index in [-0.39, 0.29) is 0 Å². The van der Waals surface area contributed by atoms with Gasteiger partial charge < -0.3 is 14.6 Å². The van der Waals surface area contributed by atoms with Gasteiger partial charge in [-0.15, -0.1) is 0 Å². The molecule has 0 aromatic carbocycles. The fourth-order valence-corrected chi connectivity index (χ4v) is 1.76. The molecule has 4 heteroatoms. The number of aromatic nitrogens is 1. The molecule has 0 unspecified atom stereocenters. The van der Waals surface area contributed by atoms with Crippen molar-refractivity contribution in [2.75, 3.05) is 46.4 Å². The fraction of sp³-hybridized carbons (Fsp3) is 0.636. The maximum Gasteiger partial charge on any atom is 0.190 e. The zero-order valence-corrected chi connectivity index (χ0v) is 9.28. The van der Waals surface area contributed by atoms with Crippen molar-refractivity contribution in [3.8, 4) is 5.88 Å². The Hall–Kier alpha value is -1.00. The lowest BCUT2D eigenvalue weighted by atomic mass is 10.3. The first kappa shape index (κ1) is 10.5. The molecule has 0 amide bonds. The first-order valence-electron chi connectivity index (χ1n) is 5.52. The van der Waals surface area contributed by atoms with Crippen molar-refractivity contribution in [3.63, 3.8) is 0 Å². The molecule has 0 spiro atoms. The van der Waals surface area contributed by atoms with E-state index in [1.54, 1.807) is 0 Å². The van der Waals surface area contributed by atoms with E-state index in [2.05, 4.69) is 21.8 Å². The summed E-state index contributed by atoms with van der Waals surface area (Å²) in [5.41, 5.74) is 0. The van der Waals surface area contributed by atoms with Gasteiger partial charge in [-0.05, 0) is 19.2 Å². The zero-order chi connectivity index (χ0) is 10.5. The summed E-state index contributed by atoms with van der Waals surface area (Å²) in [6.07, 6.45) is 1.88. The third-order valence-corrected chi connectivity index (χ3v) is 2.83. The van der Waals surface area contributed by atoms with E-state index < -0.39 is 0 Å². The third kappa shape index (κ3) is 3.25. The number of rotatable bonds is 4. The first-order valence-corrected chi connectivity index (χ1v) is 5.52. The molecule has 1 N–H and O–H groups in total. The second kappa shape index (κ2) is 5.19. The summed E-state index contributed by atoms with van der Waals surface area (Å²) in [4.78, 5) is 7.84. The van der Waals surface area contributed by atoms with E-state index in [1.807, 2.05) is 18.3 Å². The van der Waals surface area contributed by atoms with Crippen LogP contribution in [0.1, 0.15) is 0 Å². The largest absolute Gasteiger partial charge is 0.478 e. The number of nitrogens with zero attached hydrogens (tertiary/aromatic N) is 2. The smallest absolute Gasteiger partial charge is 0.190 e. The molecule has 4 nitrogen and oxygen atoms in total. The SMILES string of the molecule is CN1CCN(CCOc2ccc[nH]2)CC1. The Labute approximate surface area is 90.8 Å². The molecule has 2 heterocycles. The Morgan fingerprint density at radius 2 is 2.13 bits per heavy atom. The number of likely N-dealkylation sites (N-methyl/N-ethyl adjacent to an activating group) is 1. The molecule has 0 aliphatic carbocycles. The van der Waals surface area contributed by atoms with Gasteiger partial charge in [0.1, 0.15) is 6.61 Å². The monoisotopic (exact) mass is 209 g/mol. The lowest BCUT2D eigenvalue weighted by Gasteiger charge is -2.32. The first-order chi connectivity index (χ1) is 7.34. The molecule has 0 bridgehead atoms. The van der Waals surface area contributed by atoms with Gasteiger partial charge in [0.25, 0.3) is 0 Å². The normalized spacial score (nSPS) is 19.3. The molecular formula is C11H19N3O. The zero-order valence-electron chi connectivity index (χ0n) is 9.28. The molecule has 1 saturated heterocycles. The number of nitrogens with one attached hydrogen (secondary N) is 1. The van der Waals surface area contributed by atoms with Crippen molar-refractivity contribution in [1.29, 1.82) is 0 Å². The third-order valence-electron chi connectivity index (χ3n) is 2.83. The second-order valence-corrected chi connectivity index (χ2v) is 4.03. The van der Waals surface area contributed by atoms with Gasteiger partial charge in [-0.1, -0.05) is 0 Å². The van der Waals surface area contributed by atoms with Gasteiger partial charge in [0, 0.05) is 38.9 Å². The van der Waals surface area contributed by atoms with E-state index in [0.717, 1.165) is 32.1 Å². The number of aromatic amines is 1. The van der Waals surface area contributed by atoms with Crippen LogP contribution in [0.4, 0.5) is 0 Å². The highest BCUT2D eigenvalue weighted by atomic mass is 16.5. The molecule has 1 aliphatic heterocycles. The summed E-state index contributed by atoms with van der Waals surface area (Å²) in [7, 11) is 2.17. The predicted octanol–water partition coefficient (Wildman–Crippen LogP) is 0.641. The van der Waals surface area contributed by atoms with Crippen LogP contribution in [-0.4, -0.2) is 61.2 Å². The molecular weight excluding hydrogens is 190 g/mol. The van der Waals surface area contributed by atoms with Crippen molar-refractivity contribution in [2.24, 2.45) is 0 Å². The summed E-state index contributed by atoms with van der Waals surface area (Å²) in [6.45, 7) is 6.44. The minimum Gasteiger partial charge on any atom is -0.478 e. The maximum atomic E-state index is 5.56. The van der Waals surface area contributed by atoms with Gasteiger partial charge in [-0.3, -0.25) is 4.90 Å². The van der Waals surface area contributed by atoms with Crippen molar-refractivity contribution in [3.05, 3.63) is 18.3 Å². The van der Waals surface area contributed by atoms with Gasteiger partial charge in [-0.25, -0.2) is 0 Å². The van der Waals surface area contributed by atoms with Gasteiger partial charge in [-0.2, -0.15) is 0 Å². The molecule has 0 radical (unpaired) electrons. The van der Waals surface area contributed by atoms with Crippen molar-refractivity contribution < 1.29 is 4.74 Å². The predicted molar refractivity (Wildman–Crippen MR) is 60.2 cm³/mol. The highest BCUT2D eigenvalue weighted by Crippen LogP contribution is 2.04. The summed E-state index contributed by atoms with van der Waals surface area (Å²) in [6, 6.07) is 3.90. The Balaban J connectivity index is 1.62. The number of hydrogen-bond donors (Lipinski definition) is 1. The topological polar surface area (TPSA) is 31.5 Å². The Morgan fingerprint density at radius 3 is 2.80 bits per heavy atom. The molecule has 1 aliphatic rings. The van der Waals surface area contributed by atoms with Crippen LogP contribution in [0.2, 0.25) is 0 Å². The number of piperazine rings is 1. The minimum absolute atomic E-state index is 0.768. The highest BCUT2D eigenvalue weighted by Gasteiger charge is 2.12. The van der Waals surface area contributed by atoms with Gasteiger partial charge in [0.05, 0.1) is 0 Å². The summed E-state index contributed by atoms with van der Waals surface area (Å²) in [5, 5.41) is 0. The van der Waals surface area contributed by atoms with E-state index in [4.69, 9.17) is 4.74 Å². The molecule has 0 atom stereocenters. The quantitative estimate of drug-likeness (QED) is 0.789.